The molecule has 1 amide bonds. The van der Waals surface area contributed by atoms with Gasteiger partial charge in [0.1, 0.15) is 9.77 Å². The predicted molar refractivity (Wildman–Crippen MR) is 95.3 cm³/mol. The monoisotopic (exact) mass is 385 g/mol. The van der Waals surface area contributed by atoms with Gasteiger partial charge >= 0.3 is 0 Å². The van der Waals surface area contributed by atoms with Crippen molar-refractivity contribution in [2.24, 2.45) is 5.73 Å². The summed E-state index contributed by atoms with van der Waals surface area (Å²) < 4.78 is 26.9. The van der Waals surface area contributed by atoms with Crippen LogP contribution in [0, 0.1) is 0 Å². The first-order valence-corrected chi connectivity index (χ1v) is 9.97. The number of benzene rings is 1. The van der Waals surface area contributed by atoms with Gasteiger partial charge in [-0.25, -0.2) is 8.42 Å². The van der Waals surface area contributed by atoms with Gasteiger partial charge in [0.05, 0.1) is 0 Å². The van der Waals surface area contributed by atoms with Crippen LogP contribution in [-0.4, -0.2) is 44.8 Å². The van der Waals surface area contributed by atoms with Gasteiger partial charge in [0.2, 0.25) is 10.0 Å². The van der Waals surface area contributed by atoms with Crippen LogP contribution in [-0.2, 0) is 10.0 Å². The molecule has 1 aromatic heterocycles. The van der Waals surface area contributed by atoms with Gasteiger partial charge in [0.25, 0.3) is 5.91 Å². The summed E-state index contributed by atoms with van der Waals surface area (Å²) in [6, 6.07) is 8.88. The van der Waals surface area contributed by atoms with E-state index >= 15 is 0 Å². The van der Waals surface area contributed by atoms with Crippen molar-refractivity contribution in [2.45, 2.75) is 4.90 Å². The van der Waals surface area contributed by atoms with Crippen molar-refractivity contribution in [3.8, 4) is 0 Å². The Bertz CT molecular complexity index is 841. The molecule has 2 heterocycles. The second kappa shape index (κ2) is 6.72. The molecule has 1 aliphatic rings. The van der Waals surface area contributed by atoms with E-state index in [1.54, 1.807) is 5.38 Å². The van der Waals surface area contributed by atoms with E-state index in [2.05, 4.69) is 4.90 Å². The molecule has 1 saturated heterocycles. The Morgan fingerprint density at radius 1 is 1.08 bits per heavy atom. The molecule has 1 aromatic carbocycles. The fraction of sp³-hybridized carbons (Fsp3) is 0.267. The first-order valence-electron chi connectivity index (χ1n) is 7.27. The predicted octanol–water partition coefficient (Wildman–Crippen LogP) is 2.01. The number of piperazine rings is 1. The summed E-state index contributed by atoms with van der Waals surface area (Å²) in [5.74, 6) is -0.719. The standard InChI is InChI=1S/C15H16ClN3O3S2/c16-11-1-3-12(4-2-11)18-6-8-19(9-7-18)24(21,22)13-5-10-23-14(13)15(17)20/h1-5,10H,6-9H2,(H2,17,20). The van der Waals surface area contributed by atoms with Gasteiger partial charge in [-0.1, -0.05) is 11.6 Å². The number of carbonyl (C=O) groups excluding carboxylic acids is 1. The van der Waals surface area contributed by atoms with Crippen molar-refractivity contribution in [1.82, 2.24) is 4.31 Å². The quantitative estimate of drug-likeness (QED) is 0.872. The number of anilines is 1. The Hall–Kier alpha value is -1.61. The Morgan fingerprint density at radius 3 is 2.29 bits per heavy atom. The molecule has 3 rings (SSSR count). The number of nitrogens with zero attached hydrogens (tertiary/aromatic N) is 2. The second-order valence-corrected chi connectivity index (χ2v) is 8.60. The number of primary amides is 1. The number of hydrogen-bond acceptors (Lipinski definition) is 5. The van der Waals surface area contributed by atoms with Crippen LogP contribution >= 0.6 is 22.9 Å². The van der Waals surface area contributed by atoms with Gasteiger partial charge in [-0.15, -0.1) is 11.3 Å². The van der Waals surface area contributed by atoms with Gasteiger partial charge in [-0.05, 0) is 35.7 Å². The van der Waals surface area contributed by atoms with E-state index in [1.165, 1.54) is 10.4 Å². The molecule has 0 bridgehead atoms. The summed E-state index contributed by atoms with van der Waals surface area (Å²) in [6.45, 7) is 1.83. The number of amides is 1. The largest absolute Gasteiger partial charge is 0.369 e. The Morgan fingerprint density at radius 2 is 1.71 bits per heavy atom. The second-order valence-electron chi connectivity index (χ2n) is 5.35. The summed E-state index contributed by atoms with van der Waals surface area (Å²) in [6.07, 6.45) is 0. The zero-order valence-corrected chi connectivity index (χ0v) is 15.1. The number of thiophene rings is 1. The van der Waals surface area contributed by atoms with Crippen LogP contribution in [0.3, 0.4) is 0 Å². The summed E-state index contributed by atoms with van der Waals surface area (Å²) in [7, 11) is -3.71. The molecule has 6 nitrogen and oxygen atoms in total. The molecule has 0 unspecified atom stereocenters. The zero-order chi connectivity index (χ0) is 17.3. The fourth-order valence-corrected chi connectivity index (χ4v) is 5.47. The molecule has 24 heavy (non-hydrogen) atoms. The van der Waals surface area contributed by atoms with E-state index in [9.17, 15) is 13.2 Å². The molecule has 0 aliphatic carbocycles. The normalized spacial score (nSPS) is 16.3. The molecule has 0 atom stereocenters. The van der Waals surface area contributed by atoms with Crippen molar-refractivity contribution in [3.63, 3.8) is 0 Å². The average Bonchev–Trinajstić information content (AvgIpc) is 3.06. The van der Waals surface area contributed by atoms with Gasteiger partial charge in [0.15, 0.2) is 0 Å². The Labute approximate surface area is 149 Å². The SMILES string of the molecule is NC(=O)c1sccc1S(=O)(=O)N1CCN(c2ccc(Cl)cc2)CC1. The number of nitrogens with two attached hydrogens (primary N) is 1. The lowest BCUT2D eigenvalue weighted by molar-refractivity contribution is 0.100. The van der Waals surface area contributed by atoms with Crippen molar-refractivity contribution < 1.29 is 13.2 Å². The van der Waals surface area contributed by atoms with Crippen LogP contribution in [0.5, 0.6) is 0 Å². The first kappa shape index (κ1) is 17.2. The average molecular weight is 386 g/mol. The highest BCUT2D eigenvalue weighted by Gasteiger charge is 2.32. The lowest BCUT2D eigenvalue weighted by Crippen LogP contribution is -2.48. The summed E-state index contributed by atoms with van der Waals surface area (Å²) in [5.41, 5.74) is 6.27. The fourth-order valence-electron chi connectivity index (χ4n) is 2.66. The summed E-state index contributed by atoms with van der Waals surface area (Å²) >= 11 is 6.93. The number of sulfonamides is 1. The number of hydrogen-bond donors (Lipinski definition) is 1. The highest BCUT2D eigenvalue weighted by Crippen LogP contribution is 2.27. The minimum Gasteiger partial charge on any atom is -0.369 e. The van der Waals surface area contributed by atoms with E-state index < -0.39 is 15.9 Å². The maximum atomic E-state index is 12.8. The number of halogens is 1. The van der Waals surface area contributed by atoms with Crippen molar-refractivity contribution >= 4 is 44.6 Å². The van der Waals surface area contributed by atoms with Gasteiger partial charge in [-0.3, -0.25) is 4.79 Å². The van der Waals surface area contributed by atoms with Gasteiger partial charge in [-0.2, -0.15) is 4.31 Å². The molecule has 0 spiro atoms. The molecule has 9 heteroatoms. The van der Waals surface area contributed by atoms with Crippen LogP contribution in [0.15, 0.2) is 40.6 Å². The van der Waals surface area contributed by atoms with Crippen LogP contribution in [0.2, 0.25) is 5.02 Å². The van der Waals surface area contributed by atoms with Gasteiger partial charge < -0.3 is 10.6 Å². The summed E-state index contributed by atoms with van der Waals surface area (Å²) in [4.78, 5) is 13.6. The van der Waals surface area contributed by atoms with Gasteiger partial charge in [0, 0.05) is 36.9 Å². The third-order valence-corrected chi connectivity index (χ3v) is 7.15. The van der Waals surface area contributed by atoms with Crippen LogP contribution in [0.25, 0.3) is 0 Å². The first-order chi connectivity index (χ1) is 11.4. The van der Waals surface area contributed by atoms with Crippen molar-refractivity contribution in [3.05, 3.63) is 45.6 Å². The van der Waals surface area contributed by atoms with Crippen molar-refractivity contribution in [2.75, 3.05) is 31.1 Å². The maximum Gasteiger partial charge on any atom is 0.260 e. The van der Waals surface area contributed by atoms with Crippen LogP contribution < -0.4 is 10.6 Å². The maximum absolute atomic E-state index is 12.8. The lowest BCUT2D eigenvalue weighted by atomic mass is 10.2. The minimum atomic E-state index is -3.71. The zero-order valence-electron chi connectivity index (χ0n) is 12.7. The highest BCUT2D eigenvalue weighted by molar-refractivity contribution is 7.89. The Kier molecular flexibility index (Phi) is 4.82. The Balaban J connectivity index is 1.75. The molecule has 2 aromatic rings. The summed E-state index contributed by atoms with van der Waals surface area (Å²) in [5, 5.41) is 2.23. The molecule has 0 radical (unpaired) electrons. The number of rotatable bonds is 4. The highest BCUT2D eigenvalue weighted by atomic mass is 35.5. The number of carbonyl (C=O) groups is 1. The molecule has 1 aliphatic heterocycles. The van der Waals surface area contributed by atoms with Crippen LogP contribution in [0.1, 0.15) is 9.67 Å². The molecular weight excluding hydrogens is 370 g/mol. The van der Waals surface area contributed by atoms with E-state index in [4.69, 9.17) is 17.3 Å². The van der Waals surface area contributed by atoms with E-state index in [0.717, 1.165) is 17.0 Å². The van der Waals surface area contributed by atoms with E-state index in [1.807, 2.05) is 24.3 Å². The molecule has 1 fully saturated rings. The third kappa shape index (κ3) is 3.27. The smallest absolute Gasteiger partial charge is 0.260 e. The molecule has 2 N–H and O–H groups in total. The topological polar surface area (TPSA) is 83.7 Å². The van der Waals surface area contributed by atoms with E-state index in [0.29, 0.717) is 31.2 Å². The molecule has 0 saturated carbocycles. The van der Waals surface area contributed by atoms with E-state index in [-0.39, 0.29) is 9.77 Å². The van der Waals surface area contributed by atoms with Crippen molar-refractivity contribution in [1.29, 1.82) is 0 Å². The van der Waals surface area contributed by atoms with Crippen LogP contribution in [0.4, 0.5) is 5.69 Å². The molecular formula is C15H16ClN3O3S2. The third-order valence-electron chi connectivity index (χ3n) is 3.90. The molecule has 128 valence electrons. The minimum absolute atomic E-state index is 0.0000528. The lowest BCUT2D eigenvalue weighted by Gasteiger charge is -2.35.